The average Bonchev–Trinajstić information content (AvgIpc) is 2.51. The summed E-state index contributed by atoms with van der Waals surface area (Å²) >= 11 is 0. The predicted molar refractivity (Wildman–Crippen MR) is 92.8 cm³/mol. The van der Waals surface area contributed by atoms with Gasteiger partial charge in [-0.05, 0) is 56.4 Å². The molecule has 0 aliphatic carbocycles. The topological polar surface area (TPSA) is 69.6 Å². The number of carboxylic acid groups (broad SMARTS) is 1. The number of hydrogen-bond donors (Lipinski definition) is 2. The van der Waals surface area contributed by atoms with Crippen LogP contribution in [0.15, 0.2) is 18.2 Å². The molecule has 0 fully saturated rings. The summed E-state index contributed by atoms with van der Waals surface area (Å²) in [6, 6.07) is 6.37. The summed E-state index contributed by atoms with van der Waals surface area (Å²) in [5, 5.41) is 12.0. The lowest BCUT2D eigenvalue weighted by Gasteiger charge is -2.16. The highest BCUT2D eigenvalue weighted by molar-refractivity contribution is 5.80. The molecule has 2 N–H and O–H groups in total. The molecular formula is C18H28N2O3. The Bertz CT molecular complexity index is 529. The van der Waals surface area contributed by atoms with Gasteiger partial charge in [0.25, 0.3) is 0 Å². The van der Waals surface area contributed by atoms with Crippen LogP contribution in [0.5, 0.6) is 0 Å². The zero-order chi connectivity index (χ0) is 17.2. The van der Waals surface area contributed by atoms with Crippen molar-refractivity contribution < 1.29 is 14.7 Å². The first-order chi connectivity index (χ1) is 10.9. The molecule has 0 aromatic heterocycles. The molecule has 0 spiro atoms. The Morgan fingerprint density at radius 3 is 2.48 bits per heavy atom. The van der Waals surface area contributed by atoms with Crippen molar-refractivity contribution in [2.75, 3.05) is 25.5 Å². The first-order valence-corrected chi connectivity index (χ1v) is 8.17. The van der Waals surface area contributed by atoms with Gasteiger partial charge in [-0.3, -0.25) is 9.59 Å². The van der Waals surface area contributed by atoms with Gasteiger partial charge in [0.1, 0.15) is 0 Å². The van der Waals surface area contributed by atoms with Crippen LogP contribution in [0.3, 0.4) is 0 Å². The number of carboxylic acids is 1. The van der Waals surface area contributed by atoms with Crippen molar-refractivity contribution in [1.82, 2.24) is 4.90 Å². The summed E-state index contributed by atoms with van der Waals surface area (Å²) in [5.74, 6) is -1.02. The van der Waals surface area contributed by atoms with E-state index in [1.54, 1.807) is 11.9 Å². The summed E-state index contributed by atoms with van der Waals surface area (Å²) in [6.45, 7) is 5.81. The number of rotatable bonds is 10. The normalized spacial score (nSPS) is 10.4. The highest BCUT2D eigenvalue weighted by Crippen LogP contribution is 2.14. The Labute approximate surface area is 138 Å². The van der Waals surface area contributed by atoms with E-state index in [0.717, 1.165) is 31.5 Å². The van der Waals surface area contributed by atoms with Crippen molar-refractivity contribution in [3.8, 4) is 0 Å². The molecule has 0 bridgehead atoms. The van der Waals surface area contributed by atoms with Crippen LogP contribution in [0.4, 0.5) is 5.69 Å². The summed E-state index contributed by atoms with van der Waals surface area (Å²) in [4.78, 5) is 23.7. The number of amides is 1. The number of aryl methyl sites for hydroxylation is 2. The maximum Gasteiger partial charge on any atom is 0.303 e. The van der Waals surface area contributed by atoms with Crippen LogP contribution in [0.1, 0.15) is 43.2 Å². The van der Waals surface area contributed by atoms with Gasteiger partial charge in [0.05, 0.1) is 6.42 Å². The molecule has 0 unspecified atom stereocenters. The molecule has 5 nitrogen and oxygen atoms in total. The minimum absolute atomic E-state index is 0.0835. The van der Waals surface area contributed by atoms with Crippen LogP contribution in [-0.2, 0) is 9.59 Å². The number of carbonyl (C=O) groups is 2. The standard InChI is InChI=1S/C18H28N2O3/c1-14-7-8-16(13-15(14)2)19-11-5-4-6-12-20(3)17(21)9-10-18(22)23/h7-8,13,19H,4-6,9-12H2,1-3H3,(H,22,23). The number of carbonyl (C=O) groups excluding carboxylic acids is 1. The number of nitrogens with zero attached hydrogens (tertiary/aromatic N) is 1. The van der Waals surface area contributed by atoms with Crippen molar-refractivity contribution >= 4 is 17.6 Å². The van der Waals surface area contributed by atoms with Gasteiger partial charge < -0.3 is 15.3 Å². The van der Waals surface area contributed by atoms with Crippen LogP contribution >= 0.6 is 0 Å². The lowest BCUT2D eigenvalue weighted by atomic mass is 10.1. The van der Waals surface area contributed by atoms with E-state index < -0.39 is 5.97 Å². The Morgan fingerprint density at radius 2 is 1.83 bits per heavy atom. The number of benzene rings is 1. The molecule has 1 aromatic rings. The second kappa shape index (κ2) is 9.87. The molecule has 0 radical (unpaired) electrons. The molecule has 0 heterocycles. The van der Waals surface area contributed by atoms with Crippen LogP contribution < -0.4 is 5.32 Å². The number of nitrogens with one attached hydrogen (secondary N) is 1. The minimum Gasteiger partial charge on any atom is -0.481 e. The monoisotopic (exact) mass is 320 g/mol. The molecule has 0 saturated carbocycles. The van der Waals surface area contributed by atoms with Crippen molar-refractivity contribution in [3.05, 3.63) is 29.3 Å². The molecule has 1 rings (SSSR count). The summed E-state index contributed by atoms with van der Waals surface area (Å²) in [5.41, 5.74) is 3.73. The average molecular weight is 320 g/mol. The number of unbranched alkanes of at least 4 members (excludes halogenated alkanes) is 2. The van der Waals surface area contributed by atoms with Crippen LogP contribution in [0.2, 0.25) is 0 Å². The maximum absolute atomic E-state index is 11.7. The zero-order valence-corrected chi connectivity index (χ0v) is 14.4. The van der Waals surface area contributed by atoms with Crippen molar-refractivity contribution in [1.29, 1.82) is 0 Å². The summed E-state index contributed by atoms with van der Waals surface area (Å²) < 4.78 is 0. The molecule has 0 atom stereocenters. The fourth-order valence-electron chi connectivity index (χ4n) is 2.26. The zero-order valence-electron chi connectivity index (χ0n) is 14.4. The van der Waals surface area contributed by atoms with Gasteiger partial charge in [-0.15, -0.1) is 0 Å². The number of anilines is 1. The second-order valence-corrected chi connectivity index (χ2v) is 6.00. The van der Waals surface area contributed by atoms with Crippen molar-refractivity contribution in [2.24, 2.45) is 0 Å². The van der Waals surface area contributed by atoms with Gasteiger partial charge in [0, 0.05) is 32.2 Å². The summed E-state index contributed by atoms with van der Waals surface area (Å²) in [6.07, 6.45) is 3.01. The predicted octanol–water partition coefficient (Wildman–Crippen LogP) is 3.21. The smallest absolute Gasteiger partial charge is 0.303 e. The molecule has 128 valence electrons. The molecule has 1 aromatic carbocycles. The Balaban J connectivity index is 2.11. The maximum atomic E-state index is 11.7. The first-order valence-electron chi connectivity index (χ1n) is 8.17. The van der Waals surface area contributed by atoms with E-state index >= 15 is 0 Å². The Kier molecular flexibility index (Phi) is 8.16. The molecule has 1 amide bonds. The van der Waals surface area contributed by atoms with E-state index in [2.05, 4.69) is 37.4 Å². The van der Waals surface area contributed by atoms with E-state index in [1.807, 2.05) is 0 Å². The van der Waals surface area contributed by atoms with Gasteiger partial charge in [0.2, 0.25) is 5.91 Å². The molecule has 5 heteroatoms. The minimum atomic E-state index is -0.927. The van der Waals surface area contributed by atoms with E-state index in [9.17, 15) is 9.59 Å². The third-order valence-electron chi connectivity index (χ3n) is 3.98. The quantitative estimate of drug-likeness (QED) is 0.650. The third kappa shape index (κ3) is 7.68. The molecule has 23 heavy (non-hydrogen) atoms. The van der Waals surface area contributed by atoms with E-state index in [1.165, 1.54) is 11.1 Å². The second-order valence-electron chi connectivity index (χ2n) is 6.00. The van der Waals surface area contributed by atoms with Gasteiger partial charge >= 0.3 is 5.97 Å². The van der Waals surface area contributed by atoms with E-state index in [-0.39, 0.29) is 18.7 Å². The molecule has 0 aliphatic heterocycles. The first kappa shape index (κ1) is 19.0. The lowest BCUT2D eigenvalue weighted by Crippen LogP contribution is -2.28. The lowest BCUT2D eigenvalue weighted by molar-refractivity contribution is -0.140. The fourth-order valence-corrected chi connectivity index (χ4v) is 2.26. The number of hydrogen-bond acceptors (Lipinski definition) is 3. The number of aliphatic carboxylic acids is 1. The van der Waals surface area contributed by atoms with Crippen molar-refractivity contribution in [2.45, 2.75) is 46.0 Å². The van der Waals surface area contributed by atoms with Gasteiger partial charge in [0.15, 0.2) is 0 Å². The van der Waals surface area contributed by atoms with E-state index in [4.69, 9.17) is 5.11 Å². The Hall–Kier alpha value is -2.04. The molecule has 0 aliphatic rings. The van der Waals surface area contributed by atoms with Gasteiger partial charge in [-0.1, -0.05) is 6.07 Å². The van der Waals surface area contributed by atoms with E-state index in [0.29, 0.717) is 6.54 Å². The SMILES string of the molecule is Cc1ccc(NCCCCCN(C)C(=O)CCC(=O)O)cc1C. The van der Waals surface area contributed by atoms with Crippen LogP contribution in [0.25, 0.3) is 0 Å². The van der Waals surface area contributed by atoms with Crippen LogP contribution in [0, 0.1) is 13.8 Å². The molecular weight excluding hydrogens is 292 g/mol. The van der Waals surface area contributed by atoms with Gasteiger partial charge in [-0.25, -0.2) is 0 Å². The fraction of sp³-hybridized carbons (Fsp3) is 0.556. The summed E-state index contributed by atoms with van der Waals surface area (Å²) in [7, 11) is 1.73. The highest BCUT2D eigenvalue weighted by Gasteiger charge is 2.10. The van der Waals surface area contributed by atoms with Gasteiger partial charge in [-0.2, -0.15) is 0 Å². The van der Waals surface area contributed by atoms with Crippen molar-refractivity contribution in [3.63, 3.8) is 0 Å². The Morgan fingerprint density at radius 1 is 1.09 bits per heavy atom. The highest BCUT2D eigenvalue weighted by atomic mass is 16.4. The molecule has 0 saturated heterocycles. The van der Waals surface area contributed by atoms with Crippen LogP contribution in [-0.4, -0.2) is 42.0 Å². The largest absolute Gasteiger partial charge is 0.481 e. The third-order valence-corrected chi connectivity index (χ3v) is 3.98.